The van der Waals surface area contributed by atoms with Crippen LogP contribution in [0.2, 0.25) is 0 Å². The fourth-order valence-electron chi connectivity index (χ4n) is 2.17. The van der Waals surface area contributed by atoms with Crippen molar-refractivity contribution in [1.82, 2.24) is 4.90 Å². The maximum Gasteiger partial charge on any atom is 0.308 e. The van der Waals surface area contributed by atoms with Gasteiger partial charge in [-0.25, -0.2) is 0 Å². The minimum atomic E-state index is -0.845. The number of benzene rings is 1. The second-order valence-electron chi connectivity index (χ2n) is 4.88. The van der Waals surface area contributed by atoms with Crippen LogP contribution in [0.1, 0.15) is 6.42 Å². The molecular formula is C15H19NO5. The average molecular weight is 293 g/mol. The van der Waals surface area contributed by atoms with Crippen LogP contribution in [0.15, 0.2) is 30.3 Å². The SMILES string of the molecule is O=C(O)[C@H]1CCN(C(=O)COCCOc2ccccc2)C1. The van der Waals surface area contributed by atoms with Gasteiger partial charge < -0.3 is 19.5 Å². The van der Waals surface area contributed by atoms with Gasteiger partial charge >= 0.3 is 5.97 Å². The number of rotatable bonds is 7. The molecule has 21 heavy (non-hydrogen) atoms. The lowest BCUT2D eigenvalue weighted by atomic mass is 10.1. The van der Waals surface area contributed by atoms with Crippen molar-refractivity contribution in [2.75, 3.05) is 32.9 Å². The molecule has 2 rings (SSSR count). The third kappa shape index (κ3) is 4.75. The van der Waals surface area contributed by atoms with Gasteiger partial charge in [0.25, 0.3) is 0 Å². The minimum Gasteiger partial charge on any atom is -0.491 e. The largest absolute Gasteiger partial charge is 0.491 e. The number of aliphatic carboxylic acids is 1. The molecule has 0 aromatic heterocycles. The molecule has 1 aliphatic heterocycles. The molecule has 6 heteroatoms. The zero-order chi connectivity index (χ0) is 15.1. The lowest BCUT2D eigenvalue weighted by molar-refractivity contribution is -0.141. The van der Waals surface area contributed by atoms with Crippen molar-refractivity contribution < 1.29 is 24.2 Å². The molecule has 1 amide bonds. The van der Waals surface area contributed by atoms with Crippen molar-refractivity contribution in [3.8, 4) is 5.75 Å². The summed E-state index contributed by atoms with van der Waals surface area (Å²) in [5.41, 5.74) is 0. The summed E-state index contributed by atoms with van der Waals surface area (Å²) < 4.78 is 10.7. The quantitative estimate of drug-likeness (QED) is 0.759. The lowest BCUT2D eigenvalue weighted by Gasteiger charge is -2.15. The van der Waals surface area contributed by atoms with Gasteiger partial charge in [-0.05, 0) is 18.6 Å². The van der Waals surface area contributed by atoms with Crippen molar-refractivity contribution in [3.05, 3.63) is 30.3 Å². The average Bonchev–Trinajstić information content (AvgIpc) is 2.98. The molecule has 1 N–H and O–H groups in total. The highest BCUT2D eigenvalue weighted by Crippen LogP contribution is 2.16. The monoisotopic (exact) mass is 293 g/mol. The second kappa shape index (κ2) is 7.64. The van der Waals surface area contributed by atoms with E-state index in [1.54, 1.807) is 0 Å². The molecule has 1 aromatic carbocycles. The number of para-hydroxylation sites is 1. The molecule has 0 bridgehead atoms. The van der Waals surface area contributed by atoms with Crippen molar-refractivity contribution in [3.63, 3.8) is 0 Å². The Labute approximate surface area is 123 Å². The molecule has 1 aliphatic rings. The van der Waals surface area contributed by atoms with Crippen molar-refractivity contribution in [2.24, 2.45) is 5.92 Å². The van der Waals surface area contributed by atoms with Crippen LogP contribution < -0.4 is 4.74 Å². The number of nitrogens with zero attached hydrogens (tertiary/aromatic N) is 1. The maximum absolute atomic E-state index is 11.8. The van der Waals surface area contributed by atoms with Crippen molar-refractivity contribution in [2.45, 2.75) is 6.42 Å². The van der Waals surface area contributed by atoms with Gasteiger partial charge in [0.15, 0.2) is 0 Å². The zero-order valence-electron chi connectivity index (χ0n) is 11.7. The van der Waals surface area contributed by atoms with E-state index in [1.807, 2.05) is 30.3 Å². The van der Waals surface area contributed by atoms with E-state index in [0.717, 1.165) is 5.75 Å². The fraction of sp³-hybridized carbons (Fsp3) is 0.467. The molecule has 1 atom stereocenters. The Kier molecular flexibility index (Phi) is 5.57. The van der Waals surface area contributed by atoms with Crippen molar-refractivity contribution in [1.29, 1.82) is 0 Å². The summed E-state index contributed by atoms with van der Waals surface area (Å²) in [5.74, 6) is -0.701. The van der Waals surface area contributed by atoms with E-state index in [2.05, 4.69) is 0 Å². The maximum atomic E-state index is 11.8. The van der Waals surface area contributed by atoms with E-state index >= 15 is 0 Å². The Bertz CT molecular complexity index is 476. The molecule has 1 heterocycles. The predicted molar refractivity (Wildman–Crippen MR) is 75.1 cm³/mol. The normalized spacial score (nSPS) is 17.7. The summed E-state index contributed by atoms with van der Waals surface area (Å²) in [4.78, 5) is 24.2. The van der Waals surface area contributed by atoms with E-state index in [-0.39, 0.29) is 19.1 Å². The zero-order valence-corrected chi connectivity index (χ0v) is 11.7. The molecular weight excluding hydrogens is 274 g/mol. The number of hydrogen-bond acceptors (Lipinski definition) is 4. The molecule has 6 nitrogen and oxygen atoms in total. The third-order valence-electron chi connectivity index (χ3n) is 3.36. The van der Waals surface area contributed by atoms with E-state index in [1.165, 1.54) is 4.90 Å². The highest BCUT2D eigenvalue weighted by atomic mass is 16.5. The number of hydrogen-bond donors (Lipinski definition) is 1. The van der Waals surface area contributed by atoms with Crippen LogP contribution in [-0.4, -0.2) is 54.8 Å². The van der Waals surface area contributed by atoms with Crippen LogP contribution in [0.5, 0.6) is 5.75 Å². The van der Waals surface area contributed by atoms with Crippen LogP contribution in [-0.2, 0) is 14.3 Å². The van der Waals surface area contributed by atoms with Gasteiger partial charge in [-0.3, -0.25) is 9.59 Å². The molecule has 114 valence electrons. The Morgan fingerprint density at radius 2 is 2.00 bits per heavy atom. The molecule has 1 fully saturated rings. The second-order valence-corrected chi connectivity index (χ2v) is 4.88. The molecule has 1 aromatic rings. The standard InChI is InChI=1S/C15H19NO5/c17-14(16-7-6-12(10-16)15(18)19)11-20-8-9-21-13-4-2-1-3-5-13/h1-5,12H,6-11H2,(H,18,19)/t12-/m0/s1. The van der Waals surface area contributed by atoms with E-state index in [4.69, 9.17) is 14.6 Å². The van der Waals surface area contributed by atoms with Gasteiger partial charge in [-0.15, -0.1) is 0 Å². The summed E-state index contributed by atoms with van der Waals surface area (Å²) in [6.45, 7) is 1.41. The number of carbonyl (C=O) groups excluding carboxylic acids is 1. The van der Waals surface area contributed by atoms with Crippen molar-refractivity contribution >= 4 is 11.9 Å². The fourth-order valence-corrected chi connectivity index (χ4v) is 2.17. The molecule has 1 saturated heterocycles. The molecule has 0 radical (unpaired) electrons. The van der Waals surface area contributed by atoms with E-state index < -0.39 is 11.9 Å². The van der Waals surface area contributed by atoms with Crippen LogP contribution >= 0.6 is 0 Å². The van der Waals surface area contributed by atoms with Crippen LogP contribution in [0, 0.1) is 5.92 Å². The third-order valence-corrected chi connectivity index (χ3v) is 3.36. The van der Waals surface area contributed by atoms with Gasteiger partial charge in [0.05, 0.1) is 12.5 Å². The number of carboxylic acid groups (broad SMARTS) is 1. The summed E-state index contributed by atoms with van der Waals surface area (Å²) in [6, 6.07) is 9.36. The van der Waals surface area contributed by atoms with Gasteiger partial charge in [-0.2, -0.15) is 0 Å². The van der Waals surface area contributed by atoms with Gasteiger partial charge in [-0.1, -0.05) is 18.2 Å². The summed E-state index contributed by atoms with van der Waals surface area (Å²) >= 11 is 0. The first-order valence-electron chi connectivity index (χ1n) is 6.93. The summed E-state index contributed by atoms with van der Waals surface area (Å²) in [7, 11) is 0. The predicted octanol–water partition coefficient (Wildman–Crippen LogP) is 1.02. The van der Waals surface area contributed by atoms with Gasteiger partial charge in [0, 0.05) is 13.1 Å². The Hall–Kier alpha value is -2.08. The Morgan fingerprint density at radius 3 is 2.67 bits per heavy atom. The smallest absolute Gasteiger partial charge is 0.308 e. The topological polar surface area (TPSA) is 76.1 Å². The number of carboxylic acids is 1. The van der Waals surface area contributed by atoms with Crippen LogP contribution in [0.25, 0.3) is 0 Å². The Morgan fingerprint density at radius 1 is 1.24 bits per heavy atom. The highest BCUT2D eigenvalue weighted by molar-refractivity contribution is 5.79. The van der Waals surface area contributed by atoms with Gasteiger partial charge in [0.2, 0.25) is 5.91 Å². The first-order valence-corrected chi connectivity index (χ1v) is 6.93. The van der Waals surface area contributed by atoms with E-state index in [0.29, 0.717) is 26.2 Å². The molecule has 0 aliphatic carbocycles. The van der Waals surface area contributed by atoms with Crippen LogP contribution in [0.3, 0.4) is 0 Å². The summed E-state index contributed by atoms with van der Waals surface area (Å²) in [5, 5.41) is 8.88. The number of likely N-dealkylation sites (tertiary alicyclic amines) is 1. The first kappa shape index (κ1) is 15.3. The first-order chi connectivity index (χ1) is 10.2. The lowest BCUT2D eigenvalue weighted by Crippen LogP contribution is -2.33. The molecule has 0 spiro atoms. The summed E-state index contributed by atoms with van der Waals surface area (Å²) in [6.07, 6.45) is 0.512. The molecule has 0 saturated carbocycles. The minimum absolute atomic E-state index is 0.0372. The number of amides is 1. The number of carbonyl (C=O) groups is 2. The number of ether oxygens (including phenoxy) is 2. The van der Waals surface area contributed by atoms with E-state index in [9.17, 15) is 9.59 Å². The Balaban J connectivity index is 1.59. The highest BCUT2D eigenvalue weighted by Gasteiger charge is 2.30. The van der Waals surface area contributed by atoms with Crippen LogP contribution in [0.4, 0.5) is 0 Å². The van der Waals surface area contributed by atoms with Gasteiger partial charge in [0.1, 0.15) is 19.0 Å². The molecule has 0 unspecified atom stereocenters.